The highest BCUT2D eigenvalue weighted by atomic mass is 35.5. The van der Waals surface area contributed by atoms with Gasteiger partial charge in [-0.3, -0.25) is 4.68 Å². The van der Waals surface area contributed by atoms with Crippen LogP contribution < -0.4 is 10.5 Å². The van der Waals surface area contributed by atoms with Crippen LogP contribution in [-0.2, 0) is 13.5 Å². The van der Waals surface area contributed by atoms with Crippen molar-refractivity contribution in [3.63, 3.8) is 0 Å². The molecule has 0 atom stereocenters. The van der Waals surface area contributed by atoms with E-state index in [4.69, 9.17) is 22.1 Å². The molecule has 2 rings (SSSR count). The number of benzene rings is 1. The predicted molar refractivity (Wildman–Crippen MR) is 74.0 cm³/mol. The molecule has 0 saturated heterocycles. The quantitative estimate of drug-likeness (QED) is 0.928. The van der Waals surface area contributed by atoms with Crippen molar-refractivity contribution in [2.45, 2.75) is 13.3 Å². The lowest BCUT2D eigenvalue weighted by Crippen LogP contribution is -1.98. The summed E-state index contributed by atoms with van der Waals surface area (Å²) in [6.07, 6.45) is 0.810. The topological polar surface area (TPSA) is 53.1 Å². The van der Waals surface area contributed by atoms with Crippen LogP contribution in [0, 0.1) is 0 Å². The highest BCUT2D eigenvalue weighted by Crippen LogP contribution is 2.35. The summed E-state index contributed by atoms with van der Waals surface area (Å²) in [4.78, 5) is 0. The fourth-order valence-electron chi connectivity index (χ4n) is 2.01. The summed E-state index contributed by atoms with van der Waals surface area (Å²) in [5.41, 5.74) is 8.72. The fraction of sp³-hybridized carbons (Fsp3) is 0.308. The van der Waals surface area contributed by atoms with E-state index in [2.05, 4.69) is 5.10 Å². The zero-order valence-electron chi connectivity index (χ0n) is 10.7. The van der Waals surface area contributed by atoms with Crippen LogP contribution in [0.4, 0.5) is 5.82 Å². The van der Waals surface area contributed by atoms with E-state index in [1.165, 1.54) is 0 Å². The summed E-state index contributed by atoms with van der Waals surface area (Å²) in [5, 5.41) is 5.10. The minimum Gasteiger partial charge on any atom is -0.496 e. The van der Waals surface area contributed by atoms with Gasteiger partial charge in [-0.2, -0.15) is 5.10 Å². The predicted octanol–water partition coefficient (Wildman–Crippen LogP) is 2.89. The van der Waals surface area contributed by atoms with Gasteiger partial charge in [0.1, 0.15) is 17.3 Å². The number of aromatic nitrogens is 2. The summed E-state index contributed by atoms with van der Waals surface area (Å²) < 4.78 is 7.03. The molecule has 1 aromatic heterocycles. The molecule has 0 saturated carbocycles. The minimum absolute atomic E-state index is 0.650. The van der Waals surface area contributed by atoms with Crippen LogP contribution in [-0.4, -0.2) is 16.9 Å². The van der Waals surface area contributed by atoms with E-state index in [0.29, 0.717) is 10.8 Å². The highest BCUT2D eigenvalue weighted by Gasteiger charge is 2.17. The van der Waals surface area contributed by atoms with Crippen LogP contribution in [0.2, 0.25) is 5.02 Å². The maximum Gasteiger partial charge on any atom is 0.128 e. The van der Waals surface area contributed by atoms with Crippen molar-refractivity contribution >= 4 is 17.4 Å². The molecule has 0 radical (unpaired) electrons. The van der Waals surface area contributed by atoms with Gasteiger partial charge in [0.05, 0.1) is 7.11 Å². The third-order valence-corrected chi connectivity index (χ3v) is 3.20. The van der Waals surface area contributed by atoms with Gasteiger partial charge in [-0.1, -0.05) is 18.5 Å². The van der Waals surface area contributed by atoms with Crippen LogP contribution in [0.15, 0.2) is 18.2 Å². The van der Waals surface area contributed by atoms with E-state index in [1.807, 2.05) is 26.1 Å². The first-order valence-electron chi connectivity index (χ1n) is 5.73. The number of methoxy groups -OCH3 is 1. The monoisotopic (exact) mass is 265 g/mol. The van der Waals surface area contributed by atoms with E-state index in [-0.39, 0.29) is 0 Å². The first-order valence-corrected chi connectivity index (χ1v) is 6.11. The molecule has 0 fully saturated rings. The lowest BCUT2D eigenvalue weighted by atomic mass is 10.0. The maximum absolute atomic E-state index is 6.04. The van der Waals surface area contributed by atoms with Gasteiger partial charge in [-0.15, -0.1) is 0 Å². The Morgan fingerprint density at radius 2 is 2.17 bits per heavy atom. The second kappa shape index (κ2) is 4.90. The molecule has 0 spiro atoms. The third kappa shape index (κ3) is 2.04. The molecule has 0 unspecified atom stereocenters. The molecule has 96 valence electrons. The van der Waals surface area contributed by atoms with E-state index < -0.39 is 0 Å². The lowest BCUT2D eigenvalue weighted by Gasteiger charge is -2.08. The van der Waals surface area contributed by atoms with E-state index in [1.54, 1.807) is 17.9 Å². The van der Waals surface area contributed by atoms with E-state index in [0.717, 1.165) is 29.0 Å². The molecule has 2 aromatic rings. The smallest absolute Gasteiger partial charge is 0.128 e. The molecule has 0 aliphatic heterocycles. The number of hydrogen-bond donors (Lipinski definition) is 1. The Bertz CT molecular complexity index is 578. The normalized spacial score (nSPS) is 10.7. The number of nitrogens with zero attached hydrogens (tertiary/aromatic N) is 2. The number of halogens is 1. The first kappa shape index (κ1) is 12.8. The van der Waals surface area contributed by atoms with Gasteiger partial charge < -0.3 is 10.5 Å². The Hall–Kier alpha value is -1.68. The number of nitrogen functional groups attached to an aromatic ring is 1. The molecule has 1 aromatic carbocycles. The van der Waals surface area contributed by atoms with Crippen LogP contribution in [0.3, 0.4) is 0 Å². The number of aryl methyl sites for hydroxylation is 1. The molecule has 0 bridgehead atoms. The van der Waals surface area contributed by atoms with Gasteiger partial charge >= 0.3 is 0 Å². The second-order valence-corrected chi connectivity index (χ2v) is 4.47. The number of ether oxygens (including phenoxy) is 1. The first-order chi connectivity index (χ1) is 8.58. The second-order valence-electron chi connectivity index (χ2n) is 4.03. The standard InChI is InChI=1S/C13H16ClN3O/c1-4-9-12(16-17(2)13(9)15)10-7-8(14)5-6-11(10)18-3/h5-7H,4,15H2,1-3H3. The molecular weight excluding hydrogens is 250 g/mol. The van der Waals surface area contributed by atoms with Crippen molar-refractivity contribution in [2.24, 2.45) is 7.05 Å². The van der Waals surface area contributed by atoms with Crippen LogP contribution >= 0.6 is 11.6 Å². The molecule has 2 N–H and O–H groups in total. The average molecular weight is 266 g/mol. The third-order valence-electron chi connectivity index (χ3n) is 2.96. The number of nitrogens with two attached hydrogens (primary N) is 1. The van der Waals surface area contributed by atoms with Crippen molar-refractivity contribution in [1.29, 1.82) is 0 Å². The van der Waals surface area contributed by atoms with Gasteiger partial charge in [-0.05, 0) is 24.6 Å². The van der Waals surface area contributed by atoms with Crippen LogP contribution in [0.5, 0.6) is 5.75 Å². The molecular formula is C13H16ClN3O. The summed E-state index contributed by atoms with van der Waals surface area (Å²) in [5.74, 6) is 1.42. The molecule has 1 heterocycles. The zero-order chi connectivity index (χ0) is 13.3. The Morgan fingerprint density at radius 3 is 2.78 bits per heavy atom. The molecule has 0 aliphatic carbocycles. The fourth-order valence-corrected chi connectivity index (χ4v) is 2.18. The Kier molecular flexibility index (Phi) is 3.48. The van der Waals surface area contributed by atoms with Crippen LogP contribution in [0.1, 0.15) is 12.5 Å². The maximum atomic E-state index is 6.04. The van der Waals surface area contributed by atoms with E-state index in [9.17, 15) is 0 Å². The number of rotatable bonds is 3. The number of hydrogen-bond acceptors (Lipinski definition) is 3. The van der Waals surface area contributed by atoms with Crippen molar-refractivity contribution in [3.8, 4) is 17.0 Å². The highest BCUT2D eigenvalue weighted by molar-refractivity contribution is 6.31. The molecule has 0 amide bonds. The van der Waals surface area contributed by atoms with Crippen LogP contribution in [0.25, 0.3) is 11.3 Å². The molecule has 5 heteroatoms. The van der Waals surface area contributed by atoms with Crippen molar-refractivity contribution in [1.82, 2.24) is 9.78 Å². The van der Waals surface area contributed by atoms with Gasteiger partial charge in [0, 0.05) is 23.2 Å². The Balaban J connectivity index is 2.68. The summed E-state index contributed by atoms with van der Waals surface area (Å²) in [7, 11) is 3.46. The largest absolute Gasteiger partial charge is 0.496 e. The Labute approximate surface area is 111 Å². The molecule has 4 nitrogen and oxygen atoms in total. The summed E-state index contributed by atoms with van der Waals surface area (Å²) in [6.45, 7) is 2.05. The minimum atomic E-state index is 0.650. The van der Waals surface area contributed by atoms with Gasteiger partial charge in [-0.25, -0.2) is 0 Å². The van der Waals surface area contributed by atoms with Crippen molar-refractivity contribution in [2.75, 3.05) is 12.8 Å². The van der Waals surface area contributed by atoms with Crippen molar-refractivity contribution in [3.05, 3.63) is 28.8 Å². The zero-order valence-corrected chi connectivity index (χ0v) is 11.5. The van der Waals surface area contributed by atoms with Gasteiger partial charge in [0.15, 0.2) is 0 Å². The number of anilines is 1. The molecule has 18 heavy (non-hydrogen) atoms. The van der Waals surface area contributed by atoms with Gasteiger partial charge in [0.2, 0.25) is 0 Å². The Morgan fingerprint density at radius 1 is 1.44 bits per heavy atom. The van der Waals surface area contributed by atoms with Crippen molar-refractivity contribution < 1.29 is 4.74 Å². The van der Waals surface area contributed by atoms with E-state index >= 15 is 0 Å². The SMILES string of the molecule is CCc1c(-c2cc(Cl)ccc2OC)nn(C)c1N. The summed E-state index contributed by atoms with van der Waals surface area (Å²) in [6, 6.07) is 5.48. The molecule has 0 aliphatic rings. The average Bonchev–Trinajstić information content (AvgIpc) is 2.65. The summed E-state index contributed by atoms with van der Waals surface area (Å²) >= 11 is 6.04. The van der Waals surface area contributed by atoms with Gasteiger partial charge in [0.25, 0.3) is 0 Å². The lowest BCUT2D eigenvalue weighted by molar-refractivity contribution is 0.416.